The SMILES string of the molecule is CC(C)(C)C(=O)OC[C@H]1O[C@@H](n2cnc3c(N)ncnc32)C[C@@H]1OC(=O)C(C)(C)C. The molecule has 3 atom stereocenters. The summed E-state index contributed by atoms with van der Waals surface area (Å²) < 4.78 is 19.0. The molecule has 30 heavy (non-hydrogen) atoms. The van der Waals surface area contributed by atoms with Crippen LogP contribution >= 0.6 is 0 Å². The molecule has 0 aliphatic carbocycles. The summed E-state index contributed by atoms with van der Waals surface area (Å²) in [5, 5.41) is 0. The number of rotatable bonds is 4. The van der Waals surface area contributed by atoms with Crippen molar-refractivity contribution in [3.05, 3.63) is 12.7 Å². The Bertz CT molecular complexity index is 943. The van der Waals surface area contributed by atoms with Gasteiger partial charge in [-0.05, 0) is 41.5 Å². The van der Waals surface area contributed by atoms with E-state index >= 15 is 0 Å². The van der Waals surface area contributed by atoms with Crippen LogP contribution in [0.1, 0.15) is 54.2 Å². The molecule has 1 aliphatic rings. The molecule has 0 unspecified atom stereocenters. The van der Waals surface area contributed by atoms with Gasteiger partial charge in [-0.1, -0.05) is 0 Å². The zero-order valence-corrected chi connectivity index (χ0v) is 18.2. The summed E-state index contributed by atoms with van der Waals surface area (Å²) in [4.78, 5) is 37.1. The molecule has 2 aromatic heterocycles. The van der Waals surface area contributed by atoms with E-state index in [-0.39, 0.29) is 24.4 Å². The maximum atomic E-state index is 12.5. The molecule has 1 fully saturated rings. The smallest absolute Gasteiger partial charge is 0.311 e. The van der Waals surface area contributed by atoms with E-state index in [1.807, 2.05) is 0 Å². The van der Waals surface area contributed by atoms with Crippen molar-refractivity contribution in [2.24, 2.45) is 10.8 Å². The van der Waals surface area contributed by atoms with Crippen LogP contribution in [-0.2, 0) is 23.8 Å². The van der Waals surface area contributed by atoms with Crippen molar-refractivity contribution < 1.29 is 23.8 Å². The fourth-order valence-corrected chi connectivity index (χ4v) is 2.91. The molecule has 0 radical (unpaired) electrons. The third-order valence-electron chi connectivity index (χ3n) is 4.74. The van der Waals surface area contributed by atoms with Gasteiger partial charge in [0.05, 0.1) is 17.2 Å². The average molecular weight is 419 g/mol. The van der Waals surface area contributed by atoms with E-state index in [4.69, 9.17) is 19.9 Å². The second-order valence-electron chi connectivity index (χ2n) is 9.49. The van der Waals surface area contributed by atoms with Gasteiger partial charge in [-0.25, -0.2) is 15.0 Å². The van der Waals surface area contributed by atoms with Gasteiger partial charge in [0.15, 0.2) is 11.5 Å². The Morgan fingerprint density at radius 1 is 1.13 bits per heavy atom. The van der Waals surface area contributed by atoms with Crippen LogP contribution in [-0.4, -0.2) is 50.3 Å². The van der Waals surface area contributed by atoms with Crippen LogP contribution in [0, 0.1) is 10.8 Å². The van der Waals surface area contributed by atoms with Gasteiger partial charge in [0.1, 0.15) is 36.9 Å². The third kappa shape index (κ3) is 4.53. The lowest BCUT2D eigenvalue weighted by Crippen LogP contribution is -2.36. The minimum Gasteiger partial charge on any atom is -0.462 e. The predicted octanol–water partition coefficient (Wildman–Crippen LogP) is 2.24. The minimum absolute atomic E-state index is 0.0293. The van der Waals surface area contributed by atoms with Gasteiger partial charge in [-0.15, -0.1) is 0 Å². The molecule has 0 spiro atoms. The molecular weight excluding hydrogens is 390 g/mol. The number of ether oxygens (including phenoxy) is 3. The molecule has 3 heterocycles. The number of nitrogen functional groups attached to an aromatic ring is 1. The lowest BCUT2D eigenvalue weighted by molar-refractivity contribution is -0.167. The Balaban J connectivity index is 1.82. The molecular formula is C20H29N5O5. The molecule has 0 amide bonds. The Kier molecular flexibility index (Phi) is 5.72. The molecule has 1 saturated heterocycles. The normalized spacial score (nSPS) is 22.3. The van der Waals surface area contributed by atoms with E-state index < -0.39 is 29.3 Å². The first-order valence-corrected chi connectivity index (χ1v) is 9.84. The number of fused-ring (bicyclic) bond motifs is 1. The third-order valence-corrected chi connectivity index (χ3v) is 4.74. The Morgan fingerprint density at radius 3 is 2.43 bits per heavy atom. The number of anilines is 1. The highest BCUT2D eigenvalue weighted by atomic mass is 16.6. The summed E-state index contributed by atoms with van der Waals surface area (Å²) in [7, 11) is 0. The van der Waals surface area contributed by atoms with Crippen molar-refractivity contribution in [1.29, 1.82) is 0 Å². The van der Waals surface area contributed by atoms with Crippen LogP contribution < -0.4 is 5.73 Å². The van der Waals surface area contributed by atoms with Gasteiger partial charge in [-0.3, -0.25) is 14.2 Å². The highest BCUT2D eigenvalue weighted by Gasteiger charge is 2.42. The lowest BCUT2D eigenvalue weighted by atomic mass is 9.97. The fraction of sp³-hybridized carbons (Fsp3) is 0.650. The van der Waals surface area contributed by atoms with Gasteiger partial charge < -0.3 is 19.9 Å². The summed E-state index contributed by atoms with van der Waals surface area (Å²) in [6.45, 7) is 10.6. The van der Waals surface area contributed by atoms with E-state index in [2.05, 4.69) is 15.0 Å². The summed E-state index contributed by atoms with van der Waals surface area (Å²) in [5.41, 5.74) is 5.52. The van der Waals surface area contributed by atoms with E-state index in [1.54, 1.807) is 52.4 Å². The van der Waals surface area contributed by atoms with E-state index in [1.165, 1.54) is 6.33 Å². The van der Waals surface area contributed by atoms with Crippen LogP contribution in [0.2, 0.25) is 0 Å². The summed E-state index contributed by atoms with van der Waals surface area (Å²) in [5.74, 6) is -0.446. The number of aromatic nitrogens is 4. The van der Waals surface area contributed by atoms with Crippen molar-refractivity contribution >= 4 is 28.9 Å². The zero-order valence-electron chi connectivity index (χ0n) is 18.2. The van der Waals surface area contributed by atoms with Crippen LogP contribution in [0.4, 0.5) is 5.82 Å². The largest absolute Gasteiger partial charge is 0.462 e. The Morgan fingerprint density at radius 2 is 1.80 bits per heavy atom. The summed E-state index contributed by atoms with van der Waals surface area (Å²) in [6, 6.07) is 0. The number of hydrogen-bond acceptors (Lipinski definition) is 9. The van der Waals surface area contributed by atoms with Crippen LogP contribution in [0.5, 0.6) is 0 Å². The van der Waals surface area contributed by atoms with E-state index in [0.717, 1.165) is 0 Å². The molecule has 0 aromatic carbocycles. The van der Waals surface area contributed by atoms with Gasteiger partial charge in [-0.2, -0.15) is 0 Å². The second kappa shape index (κ2) is 7.82. The Labute approximate surface area is 175 Å². The second-order valence-corrected chi connectivity index (χ2v) is 9.49. The van der Waals surface area contributed by atoms with Crippen LogP contribution in [0.15, 0.2) is 12.7 Å². The van der Waals surface area contributed by atoms with E-state index in [0.29, 0.717) is 17.6 Å². The maximum absolute atomic E-state index is 12.5. The molecule has 3 rings (SSSR count). The van der Waals surface area contributed by atoms with Crippen molar-refractivity contribution in [1.82, 2.24) is 19.5 Å². The van der Waals surface area contributed by atoms with Gasteiger partial charge in [0.2, 0.25) is 0 Å². The van der Waals surface area contributed by atoms with Gasteiger partial charge in [0.25, 0.3) is 0 Å². The molecule has 2 N–H and O–H groups in total. The quantitative estimate of drug-likeness (QED) is 0.741. The molecule has 10 nitrogen and oxygen atoms in total. The molecule has 0 bridgehead atoms. The van der Waals surface area contributed by atoms with Crippen LogP contribution in [0.3, 0.4) is 0 Å². The molecule has 1 aliphatic heterocycles. The minimum atomic E-state index is -0.673. The first-order chi connectivity index (χ1) is 13.9. The topological polar surface area (TPSA) is 131 Å². The zero-order chi connectivity index (χ0) is 22.3. The Hall–Kier alpha value is -2.75. The first-order valence-electron chi connectivity index (χ1n) is 9.84. The van der Waals surface area contributed by atoms with Crippen molar-refractivity contribution in [2.45, 2.75) is 66.4 Å². The van der Waals surface area contributed by atoms with Gasteiger partial charge >= 0.3 is 11.9 Å². The first kappa shape index (κ1) is 21.9. The maximum Gasteiger partial charge on any atom is 0.311 e. The van der Waals surface area contributed by atoms with Crippen molar-refractivity contribution in [2.75, 3.05) is 12.3 Å². The molecule has 164 valence electrons. The predicted molar refractivity (Wildman–Crippen MR) is 108 cm³/mol. The standard InChI is InChI=1S/C20H29N5O5/c1-19(2,3)17(26)28-8-12-11(30-18(27)20(4,5)6)7-13(29-12)25-10-24-14-15(21)22-9-23-16(14)25/h9-13H,7-8H2,1-6H3,(H2,21,22,23)/t11-,12+,13+/m0/s1. The highest BCUT2D eigenvalue weighted by Crippen LogP contribution is 2.34. The average Bonchev–Trinajstić information content (AvgIpc) is 3.22. The van der Waals surface area contributed by atoms with Crippen molar-refractivity contribution in [3.8, 4) is 0 Å². The number of imidazole rings is 1. The number of nitrogens with zero attached hydrogens (tertiary/aromatic N) is 4. The monoisotopic (exact) mass is 419 g/mol. The molecule has 10 heteroatoms. The molecule has 0 saturated carbocycles. The summed E-state index contributed by atoms with van der Waals surface area (Å²) in [6.07, 6.45) is 1.54. The van der Waals surface area contributed by atoms with Crippen LogP contribution in [0.25, 0.3) is 11.2 Å². The van der Waals surface area contributed by atoms with Gasteiger partial charge in [0, 0.05) is 6.42 Å². The number of hydrogen-bond donors (Lipinski definition) is 1. The number of esters is 2. The fourth-order valence-electron chi connectivity index (χ4n) is 2.91. The highest BCUT2D eigenvalue weighted by molar-refractivity contribution is 5.81. The van der Waals surface area contributed by atoms with Crippen molar-refractivity contribution in [3.63, 3.8) is 0 Å². The number of carbonyl (C=O) groups excluding carboxylic acids is 2. The summed E-state index contributed by atoms with van der Waals surface area (Å²) >= 11 is 0. The lowest BCUT2D eigenvalue weighted by Gasteiger charge is -2.24. The molecule has 2 aromatic rings. The number of carbonyl (C=O) groups is 2. The van der Waals surface area contributed by atoms with E-state index in [9.17, 15) is 9.59 Å². The number of nitrogens with two attached hydrogens (primary N) is 1.